The van der Waals surface area contributed by atoms with Gasteiger partial charge in [-0.2, -0.15) is 0 Å². The van der Waals surface area contributed by atoms with E-state index in [1.165, 1.54) is 12.3 Å². The molecule has 2 rings (SSSR count). The number of pyridine rings is 1. The lowest BCUT2D eigenvalue weighted by Crippen LogP contribution is -2.32. The van der Waals surface area contributed by atoms with E-state index in [1.54, 1.807) is 0 Å². The minimum absolute atomic E-state index is 0.0521. The number of fused-ring (bicyclic) bond motifs is 1. The third-order valence-corrected chi connectivity index (χ3v) is 2.11. The van der Waals surface area contributed by atoms with Crippen molar-refractivity contribution in [2.24, 2.45) is 0 Å². The summed E-state index contributed by atoms with van der Waals surface area (Å²) in [6.07, 6.45) is -0.969. The smallest absolute Gasteiger partial charge is 0.251 e. The molecular weight excluding hydrogens is 220 g/mol. The molecule has 1 aliphatic rings. The van der Waals surface area contributed by atoms with Gasteiger partial charge < -0.3 is 5.32 Å². The zero-order valence-corrected chi connectivity index (χ0v) is 7.47. The summed E-state index contributed by atoms with van der Waals surface area (Å²) in [5.41, 5.74) is 0.0470. The van der Waals surface area contributed by atoms with Crippen molar-refractivity contribution in [3.63, 3.8) is 0 Å². The first-order chi connectivity index (χ1) is 7.27. The van der Waals surface area contributed by atoms with Gasteiger partial charge in [0.1, 0.15) is 4.60 Å². The van der Waals surface area contributed by atoms with Crippen molar-refractivity contribution in [1.29, 1.82) is 0 Å². The van der Waals surface area contributed by atoms with Crippen molar-refractivity contribution in [3.05, 3.63) is 28.0 Å². The van der Waals surface area contributed by atoms with Gasteiger partial charge >= 0.3 is 0 Å². The van der Waals surface area contributed by atoms with Crippen LogP contribution in [0.2, 0.25) is 0 Å². The quantitative estimate of drug-likeness (QED) is 0.680. The Labute approximate surface area is 83.9 Å². The van der Waals surface area contributed by atoms with Crippen molar-refractivity contribution in [3.8, 4) is 0 Å². The van der Waals surface area contributed by atoms with E-state index in [9.17, 15) is 4.79 Å². The average Bonchev–Trinajstić information content (AvgIpc) is 2.14. The molecule has 62 valence electrons. The summed E-state index contributed by atoms with van der Waals surface area (Å²) in [5.74, 6) is -0.641. The molecule has 0 fully saturated rings. The number of hydrogen-bond donors (Lipinski definition) is 1. The highest BCUT2D eigenvalue weighted by molar-refractivity contribution is 9.10. The molecule has 0 unspecified atom stereocenters. The van der Waals surface area contributed by atoms with Gasteiger partial charge in [0.15, 0.2) is 0 Å². The van der Waals surface area contributed by atoms with Crippen LogP contribution in [0.4, 0.5) is 0 Å². The minimum atomic E-state index is -2.46. The van der Waals surface area contributed by atoms with E-state index in [0.29, 0.717) is 0 Å². The molecule has 1 N–H and O–H groups in total. The second-order valence-electron chi connectivity index (χ2n) is 2.23. The van der Waals surface area contributed by atoms with Gasteiger partial charge in [-0.15, -0.1) is 0 Å². The molecule has 0 saturated carbocycles. The van der Waals surface area contributed by atoms with Crippen LogP contribution in [0.3, 0.4) is 0 Å². The minimum Gasteiger partial charge on any atom is -0.352 e. The normalized spacial score (nSPS) is 28.6. The lowest BCUT2D eigenvalue weighted by Gasteiger charge is -2.16. The maximum absolute atomic E-state index is 11.6. The Morgan fingerprint density at radius 1 is 1.75 bits per heavy atom. The second-order valence-corrected chi connectivity index (χ2v) is 2.98. The van der Waals surface area contributed by atoms with Crippen LogP contribution in [0.25, 0.3) is 0 Å². The van der Waals surface area contributed by atoms with Crippen LogP contribution >= 0.6 is 15.9 Å². The molecular formula is C8H7BrN2O. The third-order valence-electron chi connectivity index (χ3n) is 1.51. The monoisotopic (exact) mass is 230 g/mol. The number of nitrogens with one attached hydrogen (secondary N) is 1. The zero-order chi connectivity index (χ0) is 12.1. The number of hydrogen-bond acceptors (Lipinski definition) is 2. The highest BCUT2D eigenvalue weighted by Crippen LogP contribution is 2.20. The molecule has 0 saturated heterocycles. The van der Waals surface area contributed by atoms with Crippen molar-refractivity contribution in [1.82, 2.24) is 10.3 Å². The SMILES string of the molecule is [2H]C1([2H])NC(=O)c2ccnc(Br)c2C1([2H])[2H]. The average molecular weight is 231 g/mol. The van der Waals surface area contributed by atoms with Gasteiger partial charge in [0, 0.05) is 23.7 Å². The van der Waals surface area contributed by atoms with E-state index < -0.39 is 18.8 Å². The molecule has 0 spiro atoms. The third kappa shape index (κ3) is 1.12. The van der Waals surface area contributed by atoms with Gasteiger partial charge in [-0.1, -0.05) is 0 Å². The first kappa shape index (κ1) is 4.37. The number of rotatable bonds is 0. The Bertz CT molecular complexity index is 477. The van der Waals surface area contributed by atoms with Crippen molar-refractivity contribution in [2.45, 2.75) is 6.37 Å². The summed E-state index contributed by atoms with van der Waals surface area (Å²) < 4.78 is 30.6. The predicted molar refractivity (Wildman–Crippen MR) is 48.0 cm³/mol. The highest BCUT2D eigenvalue weighted by Gasteiger charge is 2.18. The summed E-state index contributed by atoms with van der Waals surface area (Å²) in [6, 6.07) is 1.36. The van der Waals surface area contributed by atoms with Gasteiger partial charge in [0.25, 0.3) is 5.91 Å². The fourth-order valence-electron chi connectivity index (χ4n) is 0.962. The molecule has 0 radical (unpaired) electrons. The van der Waals surface area contributed by atoms with Crippen LogP contribution < -0.4 is 5.32 Å². The van der Waals surface area contributed by atoms with Crippen molar-refractivity contribution < 1.29 is 10.3 Å². The molecule has 12 heavy (non-hydrogen) atoms. The molecule has 3 nitrogen and oxygen atoms in total. The summed E-state index contributed by atoms with van der Waals surface area (Å²) in [6.45, 7) is -2.46. The van der Waals surface area contributed by atoms with Crippen LogP contribution in [0, 0.1) is 0 Å². The fraction of sp³-hybridized carbons (Fsp3) is 0.250. The summed E-state index contributed by atoms with van der Waals surface area (Å²) in [5, 5.41) is 2.00. The topological polar surface area (TPSA) is 42.0 Å². The largest absolute Gasteiger partial charge is 0.352 e. The molecule has 0 aliphatic carbocycles. The maximum Gasteiger partial charge on any atom is 0.251 e. The summed E-state index contributed by atoms with van der Waals surface area (Å²) in [4.78, 5) is 15.4. The molecule has 0 bridgehead atoms. The molecule has 1 aromatic rings. The fourth-order valence-corrected chi connectivity index (χ4v) is 1.39. The van der Waals surface area contributed by atoms with Gasteiger partial charge in [0.2, 0.25) is 0 Å². The van der Waals surface area contributed by atoms with Gasteiger partial charge in [-0.25, -0.2) is 4.98 Å². The molecule has 0 atom stereocenters. The summed E-state index contributed by atoms with van der Waals surface area (Å²) >= 11 is 3.04. The lowest BCUT2D eigenvalue weighted by molar-refractivity contribution is 0.0945. The number of nitrogens with zero attached hydrogens (tertiary/aromatic N) is 1. The zero-order valence-electron chi connectivity index (χ0n) is 9.89. The Morgan fingerprint density at radius 2 is 2.58 bits per heavy atom. The van der Waals surface area contributed by atoms with Crippen LogP contribution in [0.15, 0.2) is 16.9 Å². The van der Waals surface area contributed by atoms with Crippen LogP contribution in [0.1, 0.15) is 21.4 Å². The molecule has 1 amide bonds. The predicted octanol–water partition coefficient (Wildman–Crippen LogP) is 1.13. The number of carbonyl (C=O) groups is 1. The number of aromatic nitrogens is 1. The summed E-state index contributed by atoms with van der Waals surface area (Å²) in [7, 11) is 0. The van der Waals surface area contributed by atoms with Crippen LogP contribution in [0.5, 0.6) is 0 Å². The first-order valence-corrected chi connectivity index (χ1v) is 4.04. The Morgan fingerprint density at radius 3 is 3.42 bits per heavy atom. The molecule has 1 aliphatic heterocycles. The van der Waals surface area contributed by atoms with Crippen LogP contribution in [-0.2, 0) is 6.37 Å². The Hall–Kier alpha value is -0.900. The molecule has 1 aromatic heterocycles. The molecule has 0 aromatic carbocycles. The lowest BCUT2D eigenvalue weighted by atomic mass is 10.0. The van der Waals surface area contributed by atoms with Gasteiger partial charge in [-0.3, -0.25) is 4.79 Å². The Balaban J connectivity index is 2.76. The van der Waals surface area contributed by atoms with E-state index in [0.717, 1.165) is 0 Å². The second kappa shape index (κ2) is 2.86. The van der Waals surface area contributed by atoms with Crippen molar-refractivity contribution >= 4 is 21.8 Å². The highest BCUT2D eigenvalue weighted by atomic mass is 79.9. The first-order valence-electron chi connectivity index (χ1n) is 5.25. The van der Waals surface area contributed by atoms with Crippen molar-refractivity contribution in [2.75, 3.05) is 6.50 Å². The van der Waals surface area contributed by atoms with Gasteiger partial charge in [0.05, 0.1) is 0 Å². The number of carbonyl (C=O) groups excluding carboxylic acids is 1. The molecule has 2 heterocycles. The van der Waals surface area contributed by atoms with E-state index in [1.807, 2.05) is 5.32 Å². The number of halogens is 1. The standard InChI is InChI=1S/C8H7BrN2O/c9-7-5-1-4-11-8(12)6(5)2-3-10-7/h2-3H,1,4H2,(H,11,12)/i1D2,4D2. The Kier molecular flexibility index (Phi) is 1.04. The van der Waals surface area contributed by atoms with E-state index in [2.05, 4.69) is 20.9 Å². The van der Waals surface area contributed by atoms with Crippen LogP contribution in [-0.4, -0.2) is 17.4 Å². The number of amides is 1. The van der Waals surface area contributed by atoms with E-state index in [-0.39, 0.29) is 15.7 Å². The van der Waals surface area contributed by atoms with E-state index in [4.69, 9.17) is 5.48 Å². The van der Waals surface area contributed by atoms with Gasteiger partial charge in [-0.05, 0) is 33.9 Å². The van der Waals surface area contributed by atoms with E-state index >= 15 is 0 Å². The maximum atomic E-state index is 11.6. The molecule has 4 heteroatoms.